The fourth-order valence-corrected chi connectivity index (χ4v) is 3.38. The summed E-state index contributed by atoms with van der Waals surface area (Å²) < 4.78 is 29.0. The zero-order valence-electron chi connectivity index (χ0n) is 10.0. The highest BCUT2D eigenvalue weighted by Gasteiger charge is 2.22. The third-order valence-corrected chi connectivity index (χ3v) is 4.74. The Morgan fingerprint density at radius 3 is 2.47 bits per heavy atom. The van der Waals surface area contributed by atoms with E-state index in [1.807, 2.05) is 0 Å². The summed E-state index contributed by atoms with van der Waals surface area (Å²) in [5.74, 6) is -1.59. The van der Waals surface area contributed by atoms with Gasteiger partial charge in [0, 0.05) is 6.61 Å². The first-order chi connectivity index (χ1) is 8.79. The Kier molecular flexibility index (Phi) is 5.61. The van der Waals surface area contributed by atoms with Gasteiger partial charge in [0.2, 0.25) is 0 Å². The molecule has 19 heavy (non-hydrogen) atoms. The van der Waals surface area contributed by atoms with Crippen molar-refractivity contribution in [3.63, 3.8) is 0 Å². The predicted octanol–water partition coefficient (Wildman–Crippen LogP) is 2.50. The van der Waals surface area contributed by atoms with E-state index in [1.165, 1.54) is 0 Å². The highest BCUT2D eigenvalue weighted by Crippen LogP contribution is 2.29. The summed E-state index contributed by atoms with van der Waals surface area (Å²) in [5.41, 5.74) is -0.305. The lowest BCUT2D eigenvalue weighted by molar-refractivity contribution is 0.0697. The molecule has 0 saturated heterocycles. The molecule has 0 atom stereocenters. The lowest BCUT2D eigenvalue weighted by Gasteiger charge is -2.09. The maximum Gasteiger partial charge on any atom is 0.337 e. The molecule has 0 aromatic heterocycles. The Balaban J connectivity index is 3.19. The van der Waals surface area contributed by atoms with Crippen molar-refractivity contribution >= 4 is 39.0 Å². The first kappa shape index (κ1) is 16.2. The number of aromatic carboxylic acids is 1. The van der Waals surface area contributed by atoms with Crippen molar-refractivity contribution in [1.82, 2.24) is 0 Å². The number of hydrogen-bond donors (Lipinski definition) is 1. The van der Waals surface area contributed by atoms with Gasteiger partial charge in [0.05, 0.1) is 32.9 Å². The fraction of sp³-hybridized carbons (Fsp3) is 0.364. The summed E-state index contributed by atoms with van der Waals surface area (Å²) in [6.07, 6.45) is 0. The van der Waals surface area contributed by atoms with E-state index >= 15 is 0 Å². The van der Waals surface area contributed by atoms with E-state index in [0.29, 0.717) is 6.61 Å². The summed E-state index contributed by atoms with van der Waals surface area (Å²) in [7, 11) is -3.71. The quantitative estimate of drug-likeness (QED) is 0.812. The molecule has 0 radical (unpaired) electrons. The molecule has 0 aliphatic heterocycles. The highest BCUT2D eigenvalue weighted by atomic mass is 35.5. The molecule has 1 rings (SSSR count). The van der Waals surface area contributed by atoms with Crippen molar-refractivity contribution < 1.29 is 23.1 Å². The largest absolute Gasteiger partial charge is 0.478 e. The van der Waals surface area contributed by atoms with Gasteiger partial charge >= 0.3 is 5.97 Å². The molecule has 1 aromatic carbocycles. The third-order valence-electron chi connectivity index (χ3n) is 2.29. The van der Waals surface area contributed by atoms with Crippen LogP contribution in [0.1, 0.15) is 17.3 Å². The normalized spacial score (nSPS) is 11.5. The average molecular weight is 327 g/mol. The number of rotatable bonds is 6. The highest BCUT2D eigenvalue weighted by molar-refractivity contribution is 7.91. The van der Waals surface area contributed by atoms with Crippen LogP contribution in [0.2, 0.25) is 10.0 Å². The number of sulfone groups is 1. The van der Waals surface area contributed by atoms with Gasteiger partial charge in [-0.1, -0.05) is 23.2 Å². The lowest BCUT2D eigenvalue weighted by atomic mass is 10.2. The van der Waals surface area contributed by atoms with Gasteiger partial charge in [-0.2, -0.15) is 0 Å². The van der Waals surface area contributed by atoms with Crippen LogP contribution < -0.4 is 0 Å². The standard InChI is InChI=1S/C11H12Cl2O5S/c1-2-18-3-4-19(16,17)10-5-7(11(14)15)8(12)6-9(10)13/h5-6H,2-4H2,1H3,(H,14,15). The second kappa shape index (κ2) is 6.56. The first-order valence-corrected chi connectivity index (χ1v) is 7.73. The van der Waals surface area contributed by atoms with Crippen molar-refractivity contribution in [3.8, 4) is 0 Å². The molecule has 5 nitrogen and oxygen atoms in total. The Morgan fingerprint density at radius 1 is 1.32 bits per heavy atom. The molecule has 0 heterocycles. The van der Waals surface area contributed by atoms with E-state index in [4.69, 9.17) is 33.0 Å². The molecule has 106 valence electrons. The number of benzene rings is 1. The molecule has 0 fully saturated rings. The zero-order valence-corrected chi connectivity index (χ0v) is 12.3. The maximum atomic E-state index is 12.0. The van der Waals surface area contributed by atoms with Crippen molar-refractivity contribution in [2.75, 3.05) is 19.0 Å². The van der Waals surface area contributed by atoms with Crippen LogP contribution in [0.5, 0.6) is 0 Å². The maximum absolute atomic E-state index is 12.0. The molecule has 0 saturated carbocycles. The van der Waals surface area contributed by atoms with Crippen LogP contribution in [0.4, 0.5) is 0 Å². The Labute approximate surface area is 121 Å². The van der Waals surface area contributed by atoms with Crippen molar-refractivity contribution in [2.45, 2.75) is 11.8 Å². The van der Waals surface area contributed by atoms with Gasteiger partial charge in [-0.05, 0) is 19.1 Å². The van der Waals surface area contributed by atoms with Crippen LogP contribution in [0.25, 0.3) is 0 Å². The molecule has 0 amide bonds. The molecule has 1 aromatic rings. The average Bonchev–Trinajstić information content (AvgIpc) is 2.28. The summed E-state index contributed by atoms with van der Waals surface area (Å²) in [6.45, 7) is 2.15. The SMILES string of the molecule is CCOCCS(=O)(=O)c1cc(C(=O)O)c(Cl)cc1Cl. The number of hydrogen-bond acceptors (Lipinski definition) is 4. The lowest BCUT2D eigenvalue weighted by Crippen LogP contribution is -2.14. The van der Waals surface area contributed by atoms with E-state index in [2.05, 4.69) is 0 Å². The van der Waals surface area contributed by atoms with Gasteiger partial charge in [-0.3, -0.25) is 0 Å². The topological polar surface area (TPSA) is 80.7 Å². The van der Waals surface area contributed by atoms with Crippen LogP contribution in [-0.4, -0.2) is 38.5 Å². The zero-order chi connectivity index (χ0) is 14.6. The van der Waals surface area contributed by atoms with E-state index < -0.39 is 15.8 Å². The molecule has 8 heteroatoms. The van der Waals surface area contributed by atoms with E-state index in [0.717, 1.165) is 12.1 Å². The van der Waals surface area contributed by atoms with Crippen molar-refractivity contribution in [1.29, 1.82) is 0 Å². The van der Waals surface area contributed by atoms with Crippen LogP contribution in [-0.2, 0) is 14.6 Å². The third kappa shape index (κ3) is 4.07. The summed E-state index contributed by atoms with van der Waals surface area (Å²) in [6, 6.07) is 2.08. The van der Waals surface area contributed by atoms with Crippen LogP contribution in [0.3, 0.4) is 0 Å². The fourth-order valence-electron chi connectivity index (χ4n) is 1.35. The van der Waals surface area contributed by atoms with Gasteiger partial charge in [-0.15, -0.1) is 0 Å². The second-order valence-electron chi connectivity index (χ2n) is 3.58. The smallest absolute Gasteiger partial charge is 0.337 e. The number of carboxylic acids is 1. The minimum Gasteiger partial charge on any atom is -0.478 e. The van der Waals surface area contributed by atoms with Crippen molar-refractivity contribution in [2.24, 2.45) is 0 Å². The summed E-state index contributed by atoms with van der Waals surface area (Å²) >= 11 is 11.5. The minimum absolute atomic E-state index is 0.0141. The van der Waals surface area contributed by atoms with E-state index in [-0.39, 0.29) is 32.9 Å². The summed E-state index contributed by atoms with van der Waals surface area (Å²) in [4.78, 5) is 10.7. The number of ether oxygens (including phenoxy) is 1. The first-order valence-electron chi connectivity index (χ1n) is 5.32. The Morgan fingerprint density at radius 2 is 1.95 bits per heavy atom. The monoisotopic (exact) mass is 326 g/mol. The molecule has 0 unspecified atom stereocenters. The van der Waals surface area contributed by atoms with Crippen molar-refractivity contribution in [3.05, 3.63) is 27.7 Å². The second-order valence-corrected chi connectivity index (χ2v) is 6.48. The van der Waals surface area contributed by atoms with Gasteiger partial charge in [0.1, 0.15) is 0 Å². The minimum atomic E-state index is -3.71. The molecule has 1 N–H and O–H groups in total. The molecular weight excluding hydrogens is 315 g/mol. The van der Waals surface area contributed by atoms with E-state index in [9.17, 15) is 13.2 Å². The molecule has 0 spiro atoms. The Bertz CT molecular complexity index is 583. The van der Waals surface area contributed by atoms with Crippen LogP contribution >= 0.6 is 23.2 Å². The van der Waals surface area contributed by atoms with Gasteiger partial charge in [0.15, 0.2) is 9.84 Å². The van der Waals surface area contributed by atoms with E-state index in [1.54, 1.807) is 6.92 Å². The number of carbonyl (C=O) groups is 1. The molecular formula is C11H12Cl2O5S. The van der Waals surface area contributed by atoms with Gasteiger partial charge in [-0.25, -0.2) is 13.2 Å². The molecule has 0 aliphatic rings. The van der Waals surface area contributed by atoms with Crippen LogP contribution in [0, 0.1) is 0 Å². The molecule has 0 bridgehead atoms. The Hall–Kier alpha value is -0.820. The predicted molar refractivity (Wildman–Crippen MR) is 72.0 cm³/mol. The van der Waals surface area contributed by atoms with Crippen LogP contribution in [0.15, 0.2) is 17.0 Å². The summed E-state index contributed by atoms with van der Waals surface area (Å²) in [5, 5.41) is 8.70. The molecule has 0 aliphatic carbocycles. The number of carboxylic acid groups (broad SMARTS) is 1. The number of halogens is 2. The van der Waals surface area contributed by atoms with Gasteiger partial charge in [0.25, 0.3) is 0 Å². The van der Waals surface area contributed by atoms with Gasteiger partial charge < -0.3 is 9.84 Å².